The van der Waals surface area contributed by atoms with Gasteiger partial charge in [0.15, 0.2) is 0 Å². The van der Waals surface area contributed by atoms with Crippen LogP contribution in [0.15, 0.2) is 24.3 Å². The first-order valence-corrected chi connectivity index (χ1v) is 7.88. The van der Waals surface area contributed by atoms with Crippen molar-refractivity contribution in [3.05, 3.63) is 30.0 Å². The third-order valence-electron chi connectivity index (χ3n) is 3.28. The molecule has 0 saturated carbocycles. The summed E-state index contributed by atoms with van der Waals surface area (Å²) in [5.41, 5.74) is 2.08. The van der Waals surface area contributed by atoms with Crippen LogP contribution in [0.4, 0.5) is 0 Å². The molecule has 1 aromatic heterocycles. The first kappa shape index (κ1) is 14.9. The lowest BCUT2D eigenvalue weighted by Crippen LogP contribution is -2.22. The molecule has 0 amide bonds. The molecular weight excluding hydrogens is 272 g/mol. The van der Waals surface area contributed by atoms with Gasteiger partial charge in [0.2, 0.25) is 0 Å². The lowest BCUT2D eigenvalue weighted by atomic mass is 10.1. The molecule has 5 heteroatoms. The Labute approximate surface area is 123 Å². The topological polar surface area (TPSA) is 55.1 Å². The Morgan fingerprint density at radius 2 is 2.10 bits per heavy atom. The zero-order valence-electron chi connectivity index (χ0n) is 12.0. The molecule has 108 valence electrons. The number of para-hydroxylation sites is 1. The van der Waals surface area contributed by atoms with Crippen molar-refractivity contribution in [3.8, 4) is 0 Å². The van der Waals surface area contributed by atoms with Crippen LogP contribution in [0.1, 0.15) is 26.5 Å². The van der Waals surface area contributed by atoms with Gasteiger partial charge in [0.25, 0.3) is 0 Å². The summed E-state index contributed by atoms with van der Waals surface area (Å²) in [4.78, 5) is 11.2. The lowest BCUT2D eigenvalue weighted by molar-refractivity contribution is -0.137. The van der Waals surface area contributed by atoms with Gasteiger partial charge in [-0.3, -0.25) is 9.48 Å². The average Bonchev–Trinajstić information content (AvgIpc) is 2.77. The van der Waals surface area contributed by atoms with E-state index in [4.69, 9.17) is 0 Å². The molecule has 1 atom stereocenters. The summed E-state index contributed by atoms with van der Waals surface area (Å²) in [7, 11) is 0. The highest BCUT2D eigenvalue weighted by Gasteiger charge is 2.22. The minimum absolute atomic E-state index is 0.108. The number of rotatable bonds is 6. The SMILES string of the molecule is CCn1nc(CSC(C(=O)O)C(C)C)c2ccccc21. The number of aryl methyl sites for hydroxylation is 1. The normalized spacial score (nSPS) is 13.0. The first-order chi connectivity index (χ1) is 9.54. The van der Waals surface area contributed by atoms with Crippen LogP contribution in [0, 0.1) is 5.92 Å². The number of benzene rings is 1. The van der Waals surface area contributed by atoms with Gasteiger partial charge in [-0.2, -0.15) is 5.10 Å². The Balaban J connectivity index is 2.24. The molecule has 0 aliphatic heterocycles. The van der Waals surface area contributed by atoms with E-state index in [1.807, 2.05) is 30.7 Å². The van der Waals surface area contributed by atoms with Crippen LogP contribution in [0.2, 0.25) is 0 Å². The zero-order valence-corrected chi connectivity index (χ0v) is 12.9. The number of hydrogen-bond acceptors (Lipinski definition) is 3. The van der Waals surface area contributed by atoms with Gasteiger partial charge in [-0.25, -0.2) is 0 Å². The lowest BCUT2D eigenvalue weighted by Gasteiger charge is -2.14. The third-order valence-corrected chi connectivity index (χ3v) is 4.83. The second kappa shape index (κ2) is 6.31. The molecule has 0 fully saturated rings. The number of hydrogen-bond donors (Lipinski definition) is 1. The number of aliphatic carboxylic acids is 1. The van der Waals surface area contributed by atoms with E-state index in [0.29, 0.717) is 5.75 Å². The van der Waals surface area contributed by atoms with Crippen molar-refractivity contribution in [2.24, 2.45) is 5.92 Å². The summed E-state index contributed by atoms with van der Waals surface area (Å²) in [5, 5.41) is 14.6. The summed E-state index contributed by atoms with van der Waals surface area (Å²) < 4.78 is 1.97. The zero-order chi connectivity index (χ0) is 14.7. The first-order valence-electron chi connectivity index (χ1n) is 6.83. The molecule has 0 aliphatic carbocycles. The predicted molar refractivity (Wildman–Crippen MR) is 83.0 cm³/mol. The Morgan fingerprint density at radius 1 is 1.40 bits per heavy atom. The maximum Gasteiger partial charge on any atom is 0.316 e. The summed E-state index contributed by atoms with van der Waals surface area (Å²) in [6.45, 7) is 6.76. The fourth-order valence-electron chi connectivity index (χ4n) is 2.26. The van der Waals surface area contributed by atoms with Gasteiger partial charge < -0.3 is 5.11 Å². The molecule has 1 aromatic carbocycles. The predicted octanol–water partition coefficient (Wildman–Crippen LogP) is 3.40. The minimum Gasteiger partial charge on any atom is -0.480 e. The fraction of sp³-hybridized carbons (Fsp3) is 0.467. The Kier molecular flexibility index (Phi) is 4.70. The smallest absolute Gasteiger partial charge is 0.316 e. The Hall–Kier alpha value is -1.49. The third kappa shape index (κ3) is 2.98. The van der Waals surface area contributed by atoms with E-state index in [2.05, 4.69) is 24.2 Å². The van der Waals surface area contributed by atoms with Crippen LogP contribution in [-0.2, 0) is 17.1 Å². The highest BCUT2D eigenvalue weighted by molar-refractivity contribution is 7.99. The molecule has 0 saturated heterocycles. The quantitative estimate of drug-likeness (QED) is 0.886. The van der Waals surface area contributed by atoms with Gasteiger partial charge in [-0.1, -0.05) is 32.0 Å². The van der Waals surface area contributed by atoms with Crippen molar-refractivity contribution in [2.45, 2.75) is 38.3 Å². The van der Waals surface area contributed by atoms with Crippen LogP contribution >= 0.6 is 11.8 Å². The molecule has 1 heterocycles. The van der Waals surface area contributed by atoms with Gasteiger partial charge in [0.1, 0.15) is 5.25 Å². The fourth-order valence-corrected chi connectivity index (χ4v) is 3.34. The number of carboxylic acids is 1. The van der Waals surface area contributed by atoms with Crippen molar-refractivity contribution in [1.82, 2.24) is 9.78 Å². The van der Waals surface area contributed by atoms with Gasteiger partial charge >= 0.3 is 5.97 Å². The van der Waals surface area contributed by atoms with Gasteiger partial charge in [-0.15, -0.1) is 11.8 Å². The Bertz CT molecular complexity index is 607. The second-order valence-electron chi connectivity index (χ2n) is 5.09. The summed E-state index contributed by atoms with van der Waals surface area (Å²) in [6.07, 6.45) is 0. The molecule has 2 rings (SSSR count). The molecular formula is C15H20N2O2S. The van der Waals surface area contributed by atoms with E-state index in [1.165, 1.54) is 11.8 Å². The monoisotopic (exact) mass is 292 g/mol. The van der Waals surface area contributed by atoms with Crippen LogP contribution in [0.25, 0.3) is 10.9 Å². The molecule has 0 spiro atoms. The maximum atomic E-state index is 11.2. The van der Waals surface area contributed by atoms with Gasteiger partial charge in [-0.05, 0) is 18.9 Å². The van der Waals surface area contributed by atoms with E-state index in [0.717, 1.165) is 23.1 Å². The molecule has 20 heavy (non-hydrogen) atoms. The highest BCUT2D eigenvalue weighted by atomic mass is 32.2. The van der Waals surface area contributed by atoms with E-state index >= 15 is 0 Å². The molecule has 4 nitrogen and oxygen atoms in total. The molecule has 2 aromatic rings. The number of carbonyl (C=O) groups is 1. The molecule has 0 bridgehead atoms. The molecule has 0 radical (unpaired) electrons. The van der Waals surface area contributed by atoms with E-state index in [9.17, 15) is 9.90 Å². The van der Waals surface area contributed by atoms with Gasteiger partial charge in [0.05, 0.1) is 11.2 Å². The van der Waals surface area contributed by atoms with Crippen molar-refractivity contribution in [2.75, 3.05) is 0 Å². The Morgan fingerprint density at radius 3 is 2.70 bits per heavy atom. The molecule has 1 unspecified atom stereocenters. The van der Waals surface area contributed by atoms with Crippen LogP contribution in [-0.4, -0.2) is 26.1 Å². The number of carboxylic acid groups (broad SMARTS) is 1. The largest absolute Gasteiger partial charge is 0.480 e. The van der Waals surface area contributed by atoms with Gasteiger partial charge in [0, 0.05) is 17.7 Å². The molecule has 0 aliphatic rings. The van der Waals surface area contributed by atoms with E-state index in [1.54, 1.807) is 0 Å². The van der Waals surface area contributed by atoms with E-state index in [-0.39, 0.29) is 11.2 Å². The maximum absolute atomic E-state index is 11.2. The summed E-state index contributed by atoms with van der Waals surface area (Å²) >= 11 is 1.45. The second-order valence-corrected chi connectivity index (χ2v) is 6.22. The van der Waals surface area contributed by atoms with Crippen LogP contribution < -0.4 is 0 Å². The highest BCUT2D eigenvalue weighted by Crippen LogP contribution is 2.27. The van der Waals surface area contributed by atoms with Crippen molar-refractivity contribution in [1.29, 1.82) is 0 Å². The van der Waals surface area contributed by atoms with E-state index < -0.39 is 5.97 Å². The number of fused-ring (bicyclic) bond motifs is 1. The summed E-state index contributed by atoms with van der Waals surface area (Å²) in [6, 6.07) is 8.10. The standard InChI is InChI=1S/C15H20N2O2S/c1-4-17-13-8-6-5-7-11(13)12(16-17)9-20-14(10(2)3)15(18)19/h5-8,10,14H,4,9H2,1-3H3,(H,18,19). The summed E-state index contributed by atoms with van der Waals surface area (Å²) in [5.74, 6) is -0.0101. The molecule has 1 N–H and O–H groups in total. The van der Waals surface area contributed by atoms with Crippen LogP contribution in [0.3, 0.4) is 0 Å². The number of nitrogens with zero attached hydrogens (tertiary/aromatic N) is 2. The van der Waals surface area contributed by atoms with Crippen molar-refractivity contribution in [3.63, 3.8) is 0 Å². The average molecular weight is 292 g/mol. The number of aromatic nitrogens is 2. The minimum atomic E-state index is -0.746. The van der Waals surface area contributed by atoms with Crippen LogP contribution in [0.5, 0.6) is 0 Å². The van der Waals surface area contributed by atoms with Crippen molar-refractivity contribution < 1.29 is 9.90 Å². The number of thioether (sulfide) groups is 1. The van der Waals surface area contributed by atoms with Crippen molar-refractivity contribution >= 4 is 28.6 Å².